The largest absolute Gasteiger partial charge is 0.321 e. The fourth-order valence-electron chi connectivity index (χ4n) is 3.79. The molecule has 0 saturated carbocycles. The second-order valence-electron chi connectivity index (χ2n) is 7.77. The quantitative estimate of drug-likeness (QED) is 0.688. The number of amides is 1. The van der Waals surface area contributed by atoms with Crippen LogP contribution < -0.4 is 10.9 Å². The number of nitrogens with one attached hydrogen (secondary N) is 1. The molecule has 4 rings (SSSR count). The molecule has 0 atom stereocenters. The van der Waals surface area contributed by atoms with Crippen LogP contribution in [0, 0.1) is 6.92 Å². The topological polar surface area (TPSA) is 64.0 Å². The van der Waals surface area contributed by atoms with Crippen LogP contribution in [0.2, 0.25) is 0 Å². The maximum absolute atomic E-state index is 13.1. The molecule has 3 heterocycles. The van der Waals surface area contributed by atoms with Crippen LogP contribution in [0.15, 0.2) is 29.1 Å². The minimum absolute atomic E-state index is 0.00324. The average Bonchev–Trinajstić information content (AvgIpc) is 2.84. The van der Waals surface area contributed by atoms with Crippen LogP contribution in [0.1, 0.15) is 65.7 Å². The molecule has 1 aliphatic heterocycles. The van der Waals surface area contributed by atoms with E-state index in [2.05, 4.69) is 25.2 Å². The first-order chi connectivity index (χ1) is 13.5. The predicted molar refractivity (Wildman–Crippen MR) is 115 cm³/mol. The first-order valence-electron chi connectivity index (χ1n) is 9.90. The Balaban J connectivity index is 1.72. The van der Waals surface area contributed by atoms with Crippen molar-refractivity contribution in [2.24, 2.45) is 0 Å². The summed E-state index contributed by atoms with van der Waals surface area (Å²) in [7, 11) is 0. The molecule has 6 heteroatoms. The number of aromatic nitrogens is 2. The summed E-state index contributed by atoms with van der Waals surface area (Å²) in [6, 6.07) is 7.90. The van der Waals surface area contributed by atoms with E-state index in [1.165, 1.54) is 16.9 Å². The van der Waals surface area contributed by atoms with Gasteiger partial charge in [0.1, 0.15) is 10.7 Å². The normalized spacial score (nSPS) is 14.1. The van der Waals surface area contributed by atoms with E-state index >= 15 is 0 Å². The van der Waals surface area contributed by atoms with Gasteiger partial charge >= 0.3 is 0 Å². The Bertz CT molecular complexity index is 1110. The standard InChI is InChI=1S/C22H25N3O2S/c1-13(2)15-8-7-9-16(12-15)23-20(26)19-14(3)18-21(28-19)24-17-10-5-4-6-11-25(17)22(18)27/h7-9,12-13H,4-6,10-11H2,1-3H3,(H,23,26). The number of hydrogen-bond acceptors (Lipinski definition) is 4. The van der Waals surface area contributed by atoms with Gasteiger partial charge in [0.15, 0.2) is 0 Å². The molecule has 2 aromatic heterocycles. The van der Waals surface area contributed by atoms with E-state index in [4.69, 9.17) is 4.98 Å². The van der Waals surface area contributed by atoms with E-state index < -0.39 is 0 Å². The maximum atomic E-state index is 13.1. The monoisotopic (exact) mass is 395 g/mol. The smallest absolute Gasteiger partial charge is 0.266 e. The van der Waals surface area contributed by atoms with Crippen molar-refractivity contribution in [1.29, 1.82) is 0 Å². The van der Waals surface area contributed by atoms with Crippen molar-refractivity contribution < 1.29 is 4.79 Å². The van der Waals surface area contributed by atoms with E-state index in [1.54, 1.807) is 0 Å². The number of carbonyl (C=O) groups excluding carboxylic acids is 1. The number of anilines is 1. The van der Waals surface area contributed by atoms with Crippen molar-refractivity contribution in [3.8, 4) is 0 Å². The van der Waals surface area contributed by atoms with Crippen LogP contribution in [0.4, 0.5) is 5.69 Å². The van der Waals surface area contributed by atoms with Crippen LogP contribution in [0.3, 0.4) is 0 Å². The molecule has 1 aromatic carbocycles. The zero-order valence-electron chi connectivity index (χ0n) is 16.5. The van der Waals surface area contributed by atoms with E-state index in [1.807, 2.05) is 29.7 Å². The van der Waals surface area contributed by atoms with Gasteiger partial charge in [-0.2, -0.15) is 0 Å². The average molecular weight is 396 g/mol. The van der Waals surface area contributed by atoms with Gasteiger partial charge in [-0.05, 0) is 48.9 Å². The predicted octanol–water partition coefficient (Wildman–Crippen LogP) is 4.87. The molecule has 28 heavy (non-hydrogen) atoms. The third-order valence-electron chi connectivity index (χ3n) is 5.43. The Morgan fingerprint density at radius 2 is 2.07 bits per heavy atom. The van der Waals surface area contributed by atoms with Crippen molar-refractivity contribution in [2.45, 2.75) is 58.9 Å². The molecule has 3 aromatic rings. The third kappa shape index (κ3) is 3.37. The lowest BCUT2D eigenvalue weighted by Gasteiger charge is -2.09. The number of aryl methyl sites for hydroxylation is 2. The van der Waals surface area contributed by atoms with Crippen molar-refractivity contribution in [3.63, 3.8) is 0 Å². The number of rotatable bonds is 3. The number of carbonyl (C=O) groups is 1. The Kier molecular flexibility index (Phi) is 5.06. The highest BCUT2D eigenvalue weighted by Crippen LogP contribution is 2.29. The van der Waals surface area contributed by atoms with Gasteiger partial charge in [-0.15, -0.1) is 11.3 Å². The van der Waals surface area contributed by atoms with Gasteiger partial charge in [-0.1, -0.05) is 32.4 Å². The van der Waals surface area contributed by atoms with Gasteiger partial charge in [-0.25, -0.2) is 4.98 Å². The summed E-state index contributed by atoms with van der Waals surface area (Å²) in [5, 5.41) is 3.58. The highest BCUT2D eigenvalue weighted by atomic mass is 32.1. The second kappa shape index (κ2) is 7.51. The van der Waals surface area contributed by atoms with Gasteiger partial charge in [0.2, 0.25) is 0 Å². The van der Waals surface area contributed by atoms with Gasteiger partial charge in [0.05, 0.1) is 10.3 Å². The number of nitrogens with zero attached hydrogens (tertiary/aromatic N) is 2. The minimum atomic E-state index is -0.180. The maximum Gasteiger partial charge on any atom is 0.266 e. The molecule has 0 unspecified atom stereocenters. The Morgan fingerprint density at radius 1 is 1.25 bits per heavy atom. The first kappa shape index (κ1) is 18.9. The van der Waals surface area contributed by atoms with Crippen LogP contribution in [0.5, 0.6) is 0 Å². The lowest BCUT2D eigenvalue weighted by molar-refractivity contribution is 0.103. The van der Waals surface area contributed by atoms with Gasteiger partial charge in [-0.3, -0.25) is 14.2 Å². The van der Waals surface area contributed by atoms with Gasteiger partial charge in [0, 0.05) is 18.7 Å². The fraction of sp³-hybridized carbons (Fsp3) is 0.409. The molecule has 0 aliphatic carbocycles. The Morgan fingerprint density at radius 3 is 2.86 bits per heavy atom. The van der Waals surface area contributed by atoms with Crippen molar-refractivity contribution in [3.05, 3.63) is 56.4 Å². The summed E-state index contributed by atoms with van der Waals surface area (Å²) in [6.07, 6.45) is 4.01. The summed E-state index contributed by atoms with van der Waals surface area (Å²) >= 11 is 1.32. The summed E-state index contributed by atoms with van der Waals surface area (Å²) in [5.74, 6) is 1.07. The molecule has 1 N–H and O–H groups in total. The molecule has 0 fully saturated rings. The molecule has 146 valence electrons. The van der Waals surface area contributed by atoms with E-state index in [-0.39, 0.29) is 11.5 Å². The van der Waals surface area contributed by atoms with Crippen molar-refractivity contribution >= 4 is 33.1 Å². The molecule has 0 bridgehead atoms. The van der Waals surface area contributed by atoms with E-state index in [0.29, 0.717) is 21.0 Å². The van der Waals surface area contributed by atoms with Gasteiger partial charge < -0.3 is 5.32 Å². The summed E-state index contributed by atoms with van der Waals surface area (Å²) < 4.78 is 1.81. The molecule has 5 nitrogen and oxygen atoms in total. The summed E-state index contributed by atoms with van der Waals surface area (Å²) in [4.78, 5) is 32.0. The number of thiophene rings is 1. The molecule has 1 amide bonds. The summed E-state index contributed by atoms with van der Waals surface area (Å²) in [6.45, 7) is 6.82. The number of benzene rings is 1. The van der Waals surface area contributed by atoms with Crippen molar-refractivity contribution in [2.75, 3.05) is 5.32 Å². The molecule has 1 aliphatic rings. The highest BCUT2D eigenvalue weighted by molar-refractivity contribution is 7.20. The summed E-state index contributed by atoms with van der Waals surface area (Å²) in [5.41, 5.74) is 2.68. The molecule has 0 radical (unpaired) electrons. The zero-order chi connectivity index (χ0) is 19.8. The van der Waals surface area contributed by atoms with Crippen molar-refractivity contribution in [1.82, 2.24) is 9.55 Å². The zero-order valence-corrected chi connectivity index (χ0v) is 17.4. The number of hydrogen-bond donors (Lipinski definition) is 1. The lowest BCUT2D eigenvalue weighted by atomic mass is 10.0. The second-order valence-corrected chi connectivity index (χ2v) is 8.77. The molecular formula is C22H25N3O2S. The van der Waals surface area contributed by atoms with E-state index in [0.717, 1.165) is 49.3 Å². The molecule has 0 saturated heterocycles. The van der Waals surface area contributed by atoms with Crippen LogP contribution in [-0.4, -0.2) is 15.5 Å². The lowest BCUT2D eigenvalue weighted by Crippen LogP contribution is -2.24. The third-order valence-corrected chi connectivity index (χ3v) is 6.61. The van der Waals surface area contributed by atoms with Crippen LogP contribution >= 0.6 is 11.3 Å². The van der Waals surface area contributed by atoms with E-state index in [9.17, 15) is 9.59 Å². The van der Waals surface area contributed by atoms with Crippen LogP contribution in [-0.2, 0) is 13.0 Å². The first-order valence-corrected chi connectivity index (χ1v) is 10.7. The van der Waals surface area contributed by atoms with Crippen LogP contribution in [0.25, 0.3) is 10.2 Å². The number of fused-ring (bicyclic) bond motifs is 2. The Labute approximate surface area is 168 Å². The highest BCUT2D eigenvalue weighted by Gasteiger charge is 2.22. The fourth-order valence-corrected chi connectivity index (χ4v) is 4.88. The minimum Gasteiger partial charge on any atom is -0.321 e. The van der Waals surface area contributed by atoms with Gasteiger partial charge in [0.25, 0.3) is 11.5 Å². The molecule has 0 spiro atoms. The Hall–Kier alpha value is -2.47. The SMILES string of the molecule is Cc1c(C(=O)Nc2cccc(C(C)C)c2)sc2nc3n(c(=O)c12)CCCCC3. The molecular weight excluding hydrogens is 370 g/mol.